The molecule has 0 unspecified atom stereocenters. The molecule has 0 fully saturated rings. The van der Waals surface area contributed by atoms with Gasteiger partial charge in [0.15, 0.2) is 0 Å². The van der Waals surface area contributed by atoms with Crippen LogP contribution in [0, 0.1) is 0 Å². The molecule has 1 aromatic carbocycles. The maximum atomic E-state index is 12.9. The zero-order chi connectivity index (χ0) is 16.4. The van der Waals surface area contributed by atoms with E-state index in [2.05, 4.69) is 15.3 Å². The lowest BCUT2D eigenvalue weighted by Gasteiger charge is -2.11. The predicted molar refractivity (Wildman–Crippen MR) is 78.9 cm³/mol. The molecule has 0 bridgehead atoms. The van der Waals surface area contributed by atoms with Crippen molar-refractivity contribution >= 4 is 22.5 Å². The molecule has 2 aromatic heterocycles. The Bertz CT molecular complexity index is 863. The molecule has 4 nitrogen and oxygen atoms in total. The van der Waals surface area contributed by atoms with Gasteiger partial charge in [-0.15, -0.1) is 0 Å². The Hall–Kier alpha value is -2.96. The molecular formula is C16H10F3N3O. The molecule has 23 heavy (non-hydrogen) atoms. The first-order valence-electron chi connectivity index (χ1n) is 6.62. The van der Waals surface area contributed by atoms with Crippen molar-refractivity contribution in [2.45, 2.75) is 6.18 Å². The molecule has 1 N–H and O–H groups in total. The highest BCUT2D eigenvalue weighted by molar-refractivity contribution is 6.08. The van der Waals surface area contributed by atoms with Crippen LogP contribution in [-0.4, -0.2) is 15.9 Å². The number of pyridine rings is 2. The van der Waals surface area contributed by atoms with Crippen LogP contribution in [0.1, 0.15) is 15.9 Å². The van der Waals surface area contributed by atoms with Crippen molar-refractivity contribution in [3.63, 3.8) is 0 Å². The monoisotopic (exact) mass is 317 g/mol. The Kier molecular flexibility index (Phi) is 3.69. The molecule has 0 aliphatic heterocycles. The highest BCUT2D eigenvalue weighted by atomic mass is 19.4. The van der Waals surface area contributed by atoms with Gasteiger partial charge in [0.2, 0.25) is 0 Å². The van der Waals surface area contributed by atoms with E-state index >= 15 is 0 Å². The summed E-state index contributed by atoms with van der Waals surface area (Å²) < 4.78 is 38.6. The van der Waals surface area contributed by atoms with Crippen LogP contribution in [0.25, 0.3) is 10.9 Å². The molecule has 0 aliphatic carbocycles. The number of nitrogens with one attached hydrogen (secondary N) is 1. The molecule has 0 saturated heterocycles. The number of anilines is 1. The largest absolute Gasteiger partial charge is 0.416 e. The normalized spacial score (nSPS) is 11.4. The highest BCUT2D eigenvalue weighted by Crippen LogP contribution is 2.33. The number of hydrogen-bond donors (Lipinski definition) is 1. The minimum Gasteiger partial charge on any atom is -0.321 e. The number of nitrogens with zero attached hydrogens (tertiary/aromatic N) is 2. The Balaban J connectivity index is 2.02. The zero-order valence-electron chi connectivity index (χ0n) is 11.6. The standard InChI is InChI=1S/C16H10F3N3O/c17-16(18,19)11-1-2-13-12(9-11)14(5-8-21-13)22-15(23)10-3-6-20-7-4-10/h1-9H,(H,21,22,23). The maximum Gasteiger partial charge on any atom is 0.416 e. The quantitative estimate of drug-likeness (QED) is 0.780. The lowest BCUT2D eigenvalue weighted by atomic mass is 10.1. The first-order chi connectivity index (χ1) is 10.9. The van der Waals surface area contributed by atoms with Gasteiger partial charge in [-0.25, -0.2) is 0 Å². The molecule has 0 atom stereocenters. The van der Waals surface area contributed by atoms with Crippen LogP contribution in [0.5, 0.6) is 0 Å². The Morgan fingerprint density at radius 3 is 2.43 bits per heavy atom. The summed E-state index contributed by atoms with van der Waals surface area (Å²) in [6.45, 7) is 0. The summed E-state index contributed by atoms with van der Waals surface area (Å²) in [6, 6.07) is 7.70. The van der Waals surface area contributed by atoms with E-state index in [0.717, 1.165) is 12.1 Å². The number of halogens is 3. The summed E-state index contributed by atoms with van der Waals surface area (Å²) in [5.41, 5.74) is 0.197. The van der Waals surface area contributed by atoms with Crippen LogP contribution in [0.2, 0.25) is 0 Å². The number of fused-ring (bicyclic) bond motifs is 1. The average Bonchev–Trinajstić information content (AvgIpc) is 2.54. The van der Waals surface area contributed by atoms with Crippen LogP contribution in [-0.2, 0) is 6.18 Å². The van der Waals surface area contributed by atoms with Gasteiger partial charge in [-0.2, -0.15) is 13.2 Å². The second-order valence-corrected chi connectivity index (χ2v) is 4.78. The summed E-state index contributed by atoms with van der Waals surface area (Å²) in [5, 5.41) is 2.83. The Labute approximate surface area is 129 Å². The summed E-state index contributed by atoms with van der Waals surface area (Å²) in [4.78, 5) is 20.0. The fraction of sp³-hybridized carbons (Fsp3) is 0.0625. The van der Waals surface area contributed by atoms with Crippen molar-refractivity contribution in [1.29, 1.82) is 0 Å². The van der Waals surface area contributed by atoms with Crippen molar-refractivity contribution in [2.24, 2.45) is 0 Å². The fourth-order valence-electron chi connectivity index (χ4n) is 2.13. The summed E-state index contributed by atoms with van der Waals surface area (Å²) in [5.74, 6) is -0.433. The molecule has 0 aliphatic rings. The predicted octanol–water partition coefficient (Wildman–Crippen LogP) is 3.90. The van der Waals surface area contributed by atoms with E-state index in [1.54, 1.807) is 0 Å². The van der Waals surface area contributed by atoms with Gasteiger partial charge in [0.05, 0.1) is 16.8 Å². The smallest absolute Gasteiger partial charge is 0.321 e. The molecule has 0 spiro atoms. The number of carbonyl (C=O) groups is 1. The molecule has 3 rings (SSSR count). The number of carbonyl (C=O) groups excluding carboxylic acids is 1. The second-order valence-electron chi connectivity index (χ2n) is 4.78. The van der Waals surface area contributed by atoms with E-state index in [1.807, 2.05) is 0 Å². The van der Waals surface area contributed by atoms with Crippen LogP contribution >= 0.6 is 0 Å². The molecule has 2 heterocycles. The average molecular weight is 317 g/mol. The van der Waals surface area contributed by atoms with Gasteiger partial charge in [0, 0.05) is 29.5 Å². The number of alkyl halides is 3. The first-order valence-corrected chi connectivity index (χ1v) is 6.62. The number of benzene rings is 1. The number of hydrogen-bond acceptors (Lipinski definition) is 3. The molecule has 7 heteroatoms. The summed E-state index contributed by atoms with van der Waals surface area (Å²) >= 11 is 0. The second kappa shape index (κ2) is 5.68. The molecule has 116 valence electrons. The molecule has 1 amide bonds. The van der Waals surface area contributed by atoms with Crippen molar-refractivity contribution < 1.29 is 18.0 Å². The van der Waals surface area contributed by atoms with Crippen LogP contribution in [0.15, 0.2) is 55.0 Å². The molecule has 3 aromatic rings. The van der Waals surface area contributed by atoms with Gasteiger partial charge >= 0.3 is 6.18 Å². The minimum atomic E-state index is -4.46. The van der Waals surface area contributed by atoms with E-state index in [1.165, 1.54) is 42.9 Å². The van der Waals surface area contributed by atoms with Crippen LogP contribution in [0.4, 0.5) is 18.9 Å². The van der Waals surface area contributed by atoms with Crippen molar-refractivity contribution in [1.82, 2.24) is 9.97 Å². The van der Waals surface area contributed by atoms with Gasteiger partial charge in [0.1, 0.15) is 0 Å². The number of aromatic nitrogens is 2. The Morgan fingerprint density at radius 1 is 1.00 bits per heavy atom. The molecular weight excluding hydrogens is 307 g/mol. The molecule has 0 saturated carbocycles. The van der Waals surface area contributed by atoms with Gasteiger partial charge in [-0.05, 0) is 36.4 Å². The van der Waals surface area contributed by atoms with Crippen molar-refractivity contribution in [2.75, 3.05) is 5.32 Å². The lowest BCUT2D eigenvalue weighted by molar-refractivity contribution is -0.137. The SMILES string of the molecule is O=C(Nc1ccnc2ccc(C(F)(F)F)cc12)c1ccncc1. The minimum absolute atomic E-state index is 0.227. The highest BCUT2D eigenvalue weighted by Gasteiger charge is 2.30. The van der Waals surface area contributed by atoms with Crippen molar-refractivity contribution in [3.8, 4) is 0 Å². The first kappa shape index (κ1) is 15.0. The number of amides is 1. The van der Waals surface area contributed by atoms with E-state index in [-0.39, 0.29) is 11.1 Å². The third kappa shape index (κ3) is 3.13. The summed E-state index contributed by atoms with van der Waals surface area (Å²) in [6.07, 6.45) is -0.114. The fourth-order valence-corrected chi connectivity index (χ4v) is 2.13. The van der Waals surface area contributed by atoms with Crippen LogP contribution in [0.3, 0.4) is 0 Å². The third-order valence-corrected chi connectivity index (χ3v) is 3.26. The van der Waals surface area contributed by atoms with Crippen LogP contribution < -0.4 is 5.32 Å². The zero-order valence-corrected chi connectivity index (χ0v) is 11.6. The number of rotatable bonds is 2. The van der Waals surface area contributed by atoms with Crippen molar-refractivity contribution in [3.05, 3.63) is 66.1 Å². The van der Waals surface area contributed by atoms with E-state index < -0.39 is 17.6 Å². The Morgan fingerprint density at radius 2 is 1.74 bits per heavy atom. The van der Waals surface area contributed by atoms with E-state index in [4.69, 9.17) is 0 Å². The third-order valence-electron chi connectivity index (χ3n) is 3.26. The van der Waals surface area contributed by atoms with Gasteiger partial charge in [-0.3, -0.25) is 14.8 Å². The topological polar surface area (TPSA) is 54.9 Å². The summed E-state index contributed by atoms with van der Waals surface area (Å²) in [7, 11) is 0. The van der Waals surface area contributed by atoms with Gasteiger partial charge in [0.25, 0.3) is 5.91 Å². The van der Waals surface area contributed by atoms with E-state index in [0.29, 0.717) is 11.1 Å². The lowest BCUT2D eigenvalue weighted by Crippen LogP contribution is -2.12. The van der Waals surface area contributed by atoms with Gasteiger partial charge in [-0.1, -0.05) is 0 Å². The van der Waals surface area contributed by atoms with E-state index in [9.17, 15) is 18.0 Å². The van der Waals surface area contributed by atoms with Gasteiger partial charge < -0.3 is 5.32 Å². The molecule has 0 radical (unpaired) electrons. The maximum absolute atomic E-state index is 12.9.